The van der Waals surface area contributed by atoms with E-state index in [1.807, 2.05) is 0 Å². The summed E-state index contributed by atoms with van der Waals surface area (Å²) in [5.41, 5.74) is 6.41. The zero-order chi connectivity index (χ0) is 15.4. The number of rotatable bonds is 4. The van der Waals surface area contributed by atoms with Crippen LogP contribution in [0.2, 0.25) is 10.0 Å². The minimum atomic E-state index is -0.178. The summed E-state index contributed by atoms with van der Waals surface area (Å²) in [4.78, 5) is 14.6. The lowest BCUT2D eigenvalue weighted by molar-refractivity contribution is 0.0930. The largest absolute Gasteiger partial charge is 0.396 e. The molecule has 0 saturated carbocycles. The molecule has 1 aromatic carbocycles. The highest BCUT2D eigenvalue weighted by Gasteiger charge is 2.18. The van der Waals surface area contributed by atoms with E-state index in [9.17, 15) is 4.79 Å². The number of likely N-dealkylation sites (tertiary alicyclic amines) is 1. The van der Waals surface area contributed by atoms with Crippen molar-refractivity contribution in [3.8, 4) is 0 Å². The van der Waals surface area contributed by atoms with E-state index in [4.69, 9.17) is 28.9 Å². The van der Waals surface area contributed by atoms with Gasteiger partial charge >= 0.3 is 0 Å². The van der Waals surface area contributed by atoms with Gasteiger partial charge in [0.25, 0.3) is 5.91 Å². The normalized spacial score (nSPS) is 17.5. The first-order valence-corrected chi connectivity index (χ1v) is 8.01. The van der Waals surface area contributed by atoms with Gasteiger partial charge in [-0.05, 0) is 45.0 Å². The average molecular weight is 330 g/mol. The lowest BCUT2D eigenvalue weighted by Gasteiger charge is -2.32. The van der Waals surface area contributed by atoms with Gasteiger partial charge in [-0.2, -0.15) is 0 Å². The maximum atomic E-state index is 12.2. The van der Waals surface area contributed by atoms with E-state index in [1.54, 1.807) is 12.1 Å². The molecular formula is C15H21Cl2N3O. The number of piperidine rings is 1. The van der Waals surface area contributed by atoms with Crippen LogP contribution >= 0.6 is 23.2 Å². The molecular weight excluding hydrogens is 309 g/mol. The van der Waals surface area contributed by atoms with Gasteiger partial charge in [0.2, 0.25) is 0 Å². The predicted molar refractivity (Wildman–Crippen MR) is 88.1 cm³/mol. The highest BCUT2D eigenvalue weighted by molar-refractivity contribution is 6.39. The van der Waals surface area contributed by atoms with E-state index in [1.165, 1.54) is 19.3 Å². The summed E-state index contributed by atoms with van der Waals surface area (Å²) in [7, 11) is 0. The topological polar surface area (TPSA) is 58.4 Å². The van der Waals surface area contributed by atoms with E-state index in [0.29, 0.717) is 33.9 Å². The number of carbonyl (C=O) groups is 1. The summed E-state index contributed by atoms with van der Waals surface area (Å²) >= 11 is 11.9. The van der Waals surface area contributed by atoms with Crippen molar-refractivity contribution in [1.29, 1.82) is 0 Å². The maximum absolute atomic E-state index is 12.2. The number of benzene rings is 1. The van der Waals surface area contributed by atoms with E-state index in [0.717, 1.165) is 13.1 Å². The van der Waals surface area contributed by atoms with Gasteiger partial charge in [-0.1, -0.05) is 29.6 Å². The Morgan fingerprint density at radius 2 is 1.86 bits per heavy atom. The summed E-state index contributed by atoms with van der Waals surface area (Å²) in [5.74, 6) is -0.178. The van der Waals surface area contributed by atoms with Gasteiger partial charge in [-0.25, -0.2) is 0 Å². The number of anilines is 1. The molecule has 1 aliphatic rings. The molecule has 116 valence electrons. The standard InChI is InChI=1S/C15H21Cl2N3O/c1-10(20-5-3-2-4-6-20)9-19-15(21)11-7-12(16)14(18)13(17)8-11/h7-8,10H,2-6,9,18H2,1H3,(H,19,21). The molecule has 6 heteroatoms. The molecule has 1 saturated heterocycles. The molecule has 1 heterocycles. The van der Waals surface area contributed by atoms with Crippen LogP contribution in [0.25, 0.3) is 0 Å². The Morgan fingerprint density at radius 1 is 1.29 bits per heavy atom. The molecule has 3 N–H and O–H groups in total. The summed E-state index contributed by atoms with van der Waals surface area (Å²) in [6, 6.07) is 3.42. The molecule has 4 nitrogen and oxygen atoms in total. The molecule has 2 rings (SSSR count). The fourth-order valence-corrected chi connectivity index (χ4v) is 3.03. The predicted octanol–water partition coefficient (Wildman–Crippen LogP) is 3.18. The molecule has 0 aromatic heterocycles. The van der Waals surface area contributed by atoms with Crippen molar-refractivity contribution in [2.45, 2.75) is 32.2 Å². The molecule has 1 fully saturated rings. The summed E-state index contributed by atoms with van der Waals surface area (Å²) in [6.07, 6.45) is 3.78. The van der Waals surface area contributed by atoms with Crippen LogP contribution in [0.5, 0.6) is 0 Å². The third-order valence-electron chi connectivity index (χ3n) is 3.91. The van der Waals surface area contributed by atoms with Crippen LogP contribution in [-0.4, -0.2) is 36.5 Å². The van der Waals surface area contributed by atoms with Gasteiger partial charge in [0.15, 0.2) is 0 Å². The second-order valence-electron chi connectivity index (χ2n) is 5.51. The van der Waals surface area contributed by atoms with Gasteiger partial charge in [0.1, 0.15) is 0 Å². The third kappa shape index (κ3) is 4.25. The molecule has 1 unspecified atom stereocenters. The Kier molecular flexibility index (Phi) is 5.73. The third-order valence-corrected chi connectivity index (χ3v) is 4.54. The molecule has 0 radical (unpaired) electrons. The van der Waals surface area contributed by atoms with Crippen LogP contribution in [0.4, 0.5) is 5.69 Å². The van der Waals surface area contributed by atoms with E-state index >= 15 is 0 Å². The maximum Gasteiger partial charge on any atom is 0.251 e. The number of halogens is 2. The second-order valence-corrected chi connectivity index (χ2v) is 6.32. The Hall–Kier alpha value is -0.970. The molecule has 21 heavy (non-hydrogen) atoms. The first kappa shape index (κ1) is 16.4. The van der Waals surface area contributed by atoms with Crippen molar-refractivity contribution < 1.29 is 4.79 Å². The fourth-order valence-electron chi connectivity index (χ4n) is 2.55. The Morgan fingerprint density at radius 3 is 2.43 bits per heavy atom. The lowest BCUT2D eigenvalue weighted by Crippen LogP contribution is -2.44. The molecule has 0 bridgehead atoms. The van der Waals surface area contributed by atoms with Crippen molar-refractivity contribution >= 4 is 34.8 Å². The number of amides is 1. The van der Waals surface area contributed by atoms with Crippen molar-refractivity contribution in [1.82, 2.24) is 10.2 Å². The molecule has 0 spiro atoms. The number of carbonyl (C=O) groups excluding carboxylic acids is 1. The number of nitrogens with zero attached hydrogens (tertiary/aromatic N) is 1. The van der Waals surface area contributed by atoms with Crippen LogP contribution in [0.15, 0.2) is 12.1 Å². The van der Waals surface area contributed by atoms with E-state index < -0.39 is 0 Å². The lowest BCUT2D eigenvalue weighted by atomic mass is 10.1. The van der Waals surface area contributed by atoms with E-state index in [-0.39, 0.29) is 5.91 Å². The average Bonchev–Trinajstić information content (AvgIpc) is 2.50. The monoisotopic (exact) mass is 329 g/mol. The Bertz CT molecular complexity index is 493. The molecule has 1 atom stereocenters. The van der Waals surface area contributed by atoms with Crippen molar-refractivity contribution in [3.05, 3.63) is 27.7 Å². The second kappa shape index (κ2) is 7.34. The molecule has 0 aliphatic carbocycles. The Labute approximate surface area is 135 Å². The molecule has 1 aromatic rings. The van der Waals surface area contributed by atoms with Crippen LogP contribution < -0.4 is 11.1 Å². The molecule has 1 amide bonds. The number of nitrogens with one attached hydrogen (secondary N) is 1. The van der Waals surface area contributed by atoms with Crippen molar-refractivity contribution in [2.24, 2.45) is 0 Å². The van der Waals surface area contributed by atoms with Gasteiger partial charge in [0, 0.05) is 18.2 Å². The molecule has 1 aliphatic heterocycles. The number of hydrogen-bond acceptors (Lipinski definition) is 3. The van der Waals surface area contributed by atoms with Gasteiger partial charge in [-0.3, -0.25) is 9.69 Å². The quantitative estimate of drug-likeness (QED) is 0.834. The number of hydrogen-bond donors (Lipinski definition) is 2. The first-order valence-electron chi connectivity index (χ1n) is 7.26. The number of nitrogens with two attached hydrogens (primary N) is 1. The van der Waals surface area contributed by atoms with Crippen LogP contribution in [0.1, 0.15) is 36.5 Å². The van der Waals surface area contributed by atoms with Crippen LogP contribution in [0.3, 0.4) is 0 Å². The van der Waals surface area contributed by atoms with Crippen molar-refractivity contribution in [3.63, 3.8) is 0 Å². The van der Waals surface area contributed by atoms with Gasteiger partial charge in [-0.15, -0.1) is 0 Å². The first-order chi connectivity index (χ1) is 9.99. The fraction of sp³-hybridized carbons (Fsp3) is 0.533. The zero-order valence-electron chi connectivity index (χ0n) is 12.2. The highest BCUT2D eigenvalue weighted by atomic mass is 35.5. The summed E-state index contributed by atoms with van der Waals surface area (Å²) < 4.78 is 0. The number of nitrogen functional groups attached to an aromatic ring is 1. The summed E-state index contributed by atoms with van der Waals surface area (Å²) in [5, 5.41) is 3.54. The minimum absolute atomic E-state index is 0.178. The highest BCUT2D eigenvalue weighted by Crippen LogP contribution is 2.28. The van der Waals surface area contributed by atoms with Crippen LogP contribution in [-0.2, 0) is 0 Å². The van der Waals surface area contributed by atoms with Gasteiger partial charge in [0.05, 0.1) is 15.7 Å². The van der Waals surface area contributed by atoms with Crippen molar-refractivity contribution in [2.75, 3.05) is 25.4 Å². The zero-order valence-corrected chi connectivity index (χ0v) is 13.7. The Balaban J connectivity index is 1.92. The van der Waals surface area contributed by atoms with E-state index in [2.05, 4.69) is 17.1 Å². The smallest absolute Gasteiger partial charge is 0.251 e. The van der Waals surface area contributed by atoms with Gasteiger partial charge < -0.3 is 11.1 Å². The SMILES string of the molecule is CC(CNC(=O)c1cc(Cl)c(N)c(Cl)c1)N1CCCCC1. The summed E-state index contributed by atoms with van der Waals surface area (Å²) in [6.45, 7) is 4.96. The van der Waals surface area contributed by atoms with Crippen LogP contribution in [0, 0.1) is 0 Å². The minimum Gasteiger partial charge on any atom is -0.396 e.